The molecule has 1 aromatic carbocycles. The first kappa shape index (κ1) is 13.1. The Bertz CT molecular complexity index is 548. The molecule has 1 unspecified atom stereocenters. The number of aryl methyl sites for hydroxylation is 1. The zero-order chi connectivity index (χ0) is 13.3. The van der Waals surface area contributed by atoms with E-state index >= 15 is 0 Å². The van der Waals surface area contributed by atoms with Gasteiger partial charge >= 0.3 is 0 Å². The van der Waals surface area contributed by atoms with Crippen LogP contribution in [-0.4, -0.2) is 30.9 Å². The van der Waals surface area contributed by atoms with Crippen molar-refractivity contribution in [3.63, 3.8) is 0 Å². The summed E-state index contributed by atoms with van der Waals surface area (Å²) in [5.41, 5.74) is 2.21. The van der Waals surface area contributed by atoms with E-state index in [0.717, 1.165) is 15.4 Å². The second kappa shape index (κ2) is 4.72. The van der Waals surface area contributed by atoms with E-state index in [9.17, 15) is 13.2 Å². The Labute approximate surface area is 108 Å². The van der Waals surface area contributed by atoms with E-state index in [1.165, 1.54) is 0 Å². The van der Waals surface area contributed by atoms with E-state index in [0.29, 0.717) is 6.42 Å². The van der Waals surface area contributed by atoms with Gasteiger partial charge in [0, 0.05) is 6.54 Å². The van der Waals surface area contributed by atoms with Gasteiger partial charge in [-0.2, -0.15) is 0 Å². The van der Waals surface area contributed by atoms with Crippen LogP contribution in [0.5, 0.6) is 0 Å². The van der Waals surface area contributed by atoms with Crippen LogP contribution < -0.4 is 0 Å². The van der Waals surface area contributed by atoms with Gasteiger partial charge in [-0.15, -0.1) is 0 Å². The Morgan fingerprint density at radius 2 is 1.89 bits per heavy atom. The van der Waals surface area contributed by atoms with Gasteiger partial charge in [0.1, 0.15) is 0 Å². The molecule has 4 nitrogen and oxygen atoms in total. The maximum Gasteiger partial charge on any atom is 0.239 e. The van der Waals surface area contributed by atoms with Gasteiger partial charge in [-0.25, -0.2) is 12.7 Å². The second-order valence-electron chi connectivity index (χ2n) is 4.83. The number of hydrogen-bond donors (Lipinski definition) is 0. The number of rotatable bonds is 3. The lowest BCUT2D eigenvalue weighted by Crippen LogP contribution is -2.32. The van der Waals surface area contributed by atoms with Crippen LogP contribution in [0.1, 0.15) is 18.1 Å². The van der Waals surface area contributed by atoms with Gasteiger partial charge in [-0.3, -0.25) is 4.79 Å². The summed E-state index contributed by atoms with van der Waals surface area (Å²) in [6.45, 7) is 3.90. The van der Waals surface area contributed by atoms with Gasteiger partial charge in [0.05, 0.1) is 11.7 Å². The normalized spacial score (nSPS) is 22.4. The summed E-state index contributed by atoms with van der Waals surface area (Å²) in [5.74, 6) is -0.741. The van der Waals surface area contributed by atoms with Crippen LogP contribution >= 0.6 is 0 Å². The Kier molecular flexibility index (Phi) is 3.43. The van der Waals surface area contributed by atoms with Gasteiger partial charge in [0.2, 0.25) is 15.9 Å². The molecule has 1 aliphatic rings. The summed E-state index contributed by atoms with van der Waals surface area (Å²) < 4.78 is 24.6. The fraction of sp³-hybridized carbons (Fsp3) is 0.462. The van der Waals surface area contributed by atoms with Crippen LogP contribution in [0, 0.1) is 12.8 Å². The van der Waals surface area contributed by atoms with E-state index in [4.69, 9.17) is 0 Å². The molecule has 1 fully saturated rings. The van der Waals surface area contributed by atoms with Gasteiger partial charge in [-0.1, -0.05) is 36.8 Å². The van der Waals surface area contributed by atoms with Crippen LogP contribution in [-0.2, 0) is 21.2 Å². The molecule has 0 spiro atoms. The van der Waals surface area contributed by atoms with E-state index in [1.807, 2.05) is 31.2 Å². The third-order valence-corrected chi connectivity index (χ3v) is 5.14. The first-order chi connectivity index (χ1) is 8.40. The molecule has 0 aliphatic carbocycles. The maximum absolute atomic E-state index is 11.8. The number of carbonyl (C=O) groups is 1. The van der Waals surface area contributed by atoms with E-state index in [1.54, 1.807) is 6.92 Å². The van der Waals surface area contributed by atoms with Crippen LogP contribution in [0.2, 0.25) is 0 Å². The molecule has 0 radical (unpaired) electrons. The minimum absolute atomic E-state index is 0.0558. The van der Waals surface area contributed by atoms with Crippen molar-refractivity contribution in [2.24, 2.45) is 5.92 Å². The summed E-state index contributed by atoms with van der Waals surface area (Å²) in [4.78, 5) is 11.7. The number of benzene rings is 1. The molecule has 1 aliphatic heterocycles. The van der Waals surface area contributed by atoms with Gasteiger partial charge in [0.25, 0.3) is 0 Å². The highest BCUT2D eigenvalue weighted by molar-refractivity contribution is 7.90. The molecule has 0 aromatic heterocycles. The van der Waals surface area contributed by atoms with Crippen LogP contribution in [0.25, 0.3) is 0 Å². The molecule has 5 heteroatoms. The highest BCUT2D eigenvalue weighted by atomic mass is 32.2. The molecule has 18 heavy (non-hydrogen) atoms. The molecule has 0 N–H and O–H groups in total. The number of nitrogens with zero attached hydrogens (tertiary/aromatic N) is 1. The van der Waals surface area contributed by atoms with Crippen LogP contribution in [0.3, 0.4) is 0 Å². The van der Waals surface area contributed by atoms with Crippen molar-refractivity contribution in [3.8, 4) is 0 Å². The predicted molar refractivity (Wildman–Crippen MR) is 69.5 cm³/mol. The summed E-state index contributed by atoms with van der Waals surface area (Å²) in [5, 5.41) is 0. The maximum atomic E-state index is 11.8. The van der Waals surface area contributed by atoms with Crippen molar-refractivity contribution in [2.45, 2.75) is 20.3 Å². The average Bonchev–Trinajstić information content (AvgIpc) is 2.49. The zero-order valence-electron chi connectivity index (χ0n) is 10.6. The topological polar surface area (TPSA) is 54.5 Å². The highest BCUT2D eigenvalue weighted by Crippen LogP contribution is 2.21. The number of amides is 1. The fourth-order valence-corrected chi connectivity index (χ4v) is 3.87. The number of sulfonamides is 1. The van der Waals surface area contributed by atoms with Gasteiger partial charge in [0.15, 0.2) is 0 Å². The van der Waals surface area contributed by atoms with E-state index < -0.39 is 15.9 Å². The van der Waals surface area contributed by atoms with Crippen molar-refractivity contribution >= 4 is 15.9 Å². The first-order valence-corrected chi connectivity index (χ1v) is 7.61. The minimum atomic E-state index is -3.38. The molecule has 1 amide bonds. The summed E-state index contributed by atoms with van der Waals surface area (Å²) in [6, 6.07) is 7.90. The van der Waals surface area contributed by atoms with E-state index in [2.05, 4.69) is 0 Å². The van der Waals surface area contributed by atoms with Gasteiger partial charge in [-0.05, 0) is 18.9 Å². The monoisotopic (exact) mass is 267 g/mol. The molecule has 1 aromatic rings. The quantitative estimate of drug-likeness (QED) is 0.830. The van der Waals surface area contributed by atoms with E-state index in [-0.39, 0.29) is 18.2 Å². The van der Waals surface area contributed by atoms with Crippen LogP contribution in [0.4, 0.5) is 0 Å². The lowest BCUT2D eigenvalue weighted by atomic mass is 10.1. The van der Waals surface area contributed by atoms with Crippen molar-refractivity contribution in [1.82, 2.24) is 4.31 Å². The molecule has 0 bridgehead atoms. The molecule has 98 valence electrons. The number of hydrogen-bond acceptors (Lipinski definition) is 3. The van der Waals surface area contributed by atoms with Gasteiger partial charge < -0.3 is 0 Å². The largest absolute Gasteiger partial charge is 0.273 e. The molecular formula is C13H17NO3S. The highest BCUT2D eigenvalue weighted by Gasteiger charge is 2.40. The Balaban J connectivity index is 2.06. The summed E-state index contributed by atoms with van der Waals surface area (Å²) in [7, 11) is -3.38. The summed E-state index contributed by atoms with van der Waals surface area (Å²) >= 11 is 0. The Morgan fingerprint density at radius 3 is 2.39 bits per heavy atom. The standard InChI is InChI=1S/C13H17NO3S/c1-10-3-5-12(6-4-10)7-8-14-13(15)11(2)9-18(14,16)17/h3-6,11H,7-9H2,1-2H3. The first-order valence-electron chi connectivity index (χ1n) is 6.00. The van der Waals surface area contributed by atoms with Crippen molar-refractivity contribution in [1.29, 1.82) is 0 Å². The Hall–Kier alpha value is -1.36. The predicted octanol–water partition coefficient (Wildman–Crippen LogP) is 1.35. The molecule has 1 saturated heterocycles. The number of carbonyl (C=O) groups excluding carboxylic acids is 1. The molecular weight excluding hydrogens is 250 g/mol. The lowest BCUT2D eigenvalue weighted by Gasteiger charge is -2.15. The third kappa shape index (κ3) is 2.56. The molecule has 1 heterocycles. The lowest BCUT2D eigenvalue weighted by molar-refractivity contribution is -0.128. The second-order valence-corrected chi connectivity index (χ2v) is 6.76. The smallest absolute Gasteiger partial charge is 0.239 e. The van der Waals surface area contributed by atoms with Crippen molar-refractivity contribution in [2.75, 3.05) is 12.3 Å². The molecule has 0 saturated carbocycles. The van der Waals surface area contributed by atoms with Crippen molar-refractivity contribution in [3.05, 3.63) is 35.4 Å². The van der Waals surface area contributed by atoms with Crippen molar-refractivity contribution < 1.29 is 13.2 Å². The minimum Gasteiger partial charge on any atom is -0.273 e. The third-order valence-electron chi connectivity index (χ3n) is 3.19. The SMILES string of the molecule is Cc1ccc(CCN2C(=O)C(C)CS2(=O)=O)cc1. The summed E-state index contributed by atoms with van der Waals surface area (Å²) in [6.07, 6.45) is 0.567. The van der Waals surface area contributed by atoms with Crippen LogP contribution in [0.15, 0.2) is 24.3 Å². The zero-order valence-corrected chi connectivity index (χ0v) is 11.4. The molecule has 2 rings (SSSR count). The Morgan fingerprint density at radius 1 is 1.28 bits per heavy atom. The fourth-order valence-electron chi connectivity index (χ4n) is 2.09. The molecule has 1 atom stereocenters. The average molecular weight is 267 g/mol.